The van der Waals surface area contributed by atoms with Gasteiger partial charge in [-0.15, -0.1) is 0 Å². The molecular weight excluding hydrogens is 276 g/mol. The molecule has 1 aliphatic heterocycles. The molecule has 1 N–H and O–H groups in total. The van der Waals surface area contributed by atoms with Crippen LogP contribution in [0.2, 0.25) is 0 Å². The Balaban J connectivity index is 2.66. The van der Waals surface area contributed by atoms with E-state index in [2.05, 4.69) is 21.2 Å². The van der Waals surface area contributed by atoms with E-state index in [4.69, 9.17) is 4.74 Å². The number of hydrogen-bond acceptors (Lipinski definition) is 3. The Labute approximate surface area is 104 Å². The number of alkyl halides is 1. The number of rotatable bonds is 3. The van der Waals surface area contributed by atoms with Crippen molar-refractivity contribution in [1.29, 1.82) is 0 Å². The van der Waals surface area contributed by atoms with Crippen molar-refractivity contribution in [3.63, 3.8) is 0 Å². The van der Waals surface area contributed by atoms with Crippen LogP contribution >= 0.6 is 15.9 Å². The molecule has 5 nitrogen and oxygen atoms in total. The smallest absolute Gasteiger partial charge is 0.245 e. The number of carbonyl (C=O) groups excluding carboxylic acids is 2. The molecule has 1 saturated heterocycles. The third kappa shape index (κ3) is 3.45. The van der Waals surface area contributed by atoms with Gasteiger partial charge in [-0.1, -0.05) is 15.9 Å². The number of ether oxygens (including phenoxy) is 1. The molecule has 1 heterocycles. The molecule has 0 aromatic rings. The normalized spacial score (nSPS) is 21.0. The molecule has 1 aliphatic rings. The fourth-order valence-corrected chi connectivity index (χ4v) is 1.90. The summed E-state index contributed by atoms with van der Waals surface area (Å²) < 4.78 is 5.24. The van der Waals surface area contributed by atoms with Gasteiger partial charge in [0, 0.05) is 12.6 Å². The summed E-state index contributed by atoms with van der Waals surface area (Å²) in [4.78, 5) is 25.0. The van der Waals surface area contributed by atoms with Crippen molar-refractivity contribution < 1.29 is 14.3 Å². The Morgan fingerprint density at radius 2 is 2.25 bits per heavy atom. The van der Waals surface area contributed by atoms with Gasteiger partial charge in [-0.05, 0) is 13.8 Å². The highest BCUT2D eigenvalue weighted by atomic mass is 79.9. The lowest BCUT2D eigenvalue weighted by Crippen LogP contribution is -2.57. The van der Waals surface area contributed by atoms with Crippen molar-refractivity contribution in [2.45, 2.75) is 25.9 Å². The molecule has 0 spiro atoms. The minimum atomic E-state index is -0.499. The predicted octanol–water partition coefficient (Wildman–Crippen LogP) is 0.133. The van der Waals surface area contributed by atoms with E-state index in [1.807, 2.05) is 13.8 Å². The summed E-state index contributed by atoms with van der Waals surface area (Å²) in [6, 6.07) is -0.434. The van der Waals surface area contributed by atoms with Crippen molar-refractivity contribution in [2.24, 2.45) is 0 Å². The van der Waals surface area contributed by atoms with Gasteiger partial charge in [0.2, 0.25) is 11.8 Å². The summed E-state index contributed by atoms with van der Waals surface area (Å²) in [5, 5.41) is 3.03. The predicted molar refractivity (Wildman–Crippen MR) is 63.4 cm³/mol. The number of hydrogen-bond donors (Lipinski definition) is 1. The molecule has 0 aromatic carbocycles. The Hall–Kier alpha value is -0.620. The van der Waals surface area contributed by atoms with Crippen LogP contribution in [-0.4, -0.2) is 53.9 Å². The summed E-state index contributed by atoms with van der Waals surface area (Å²) in [6.07, 6.45) is 0. The van der Waals surface area contributed by atoms with E-state index in [0.717, 1.165) is 0 Å². The second-order valence-corrected chi connectivity index (χ2v) is 4.54. The number of nitrogens with zero attached hydrogens (tertiary/aromatic N) is 1. The molecule has 0 aromatic heterocycles. The lowest BCUT2D eigenvalue weighted by Gasteiger charge is -2.34. The van der Waals surface area contributed by atoms with E-state index < -0.39 is 6.04 Å². The molecule has 92 valence electrons. The number of halogens is 1. The Morgan fingerprint density at radius 3 is 2.81 bits per heavy atom. The van der Waals surface area contributed by atoms with Gasteiger partial charge < -0.3 is 15.0 Å². The van der Waals surface area contributed by atoms with Gasteiger partial charge in [0.25, 0.3) is 0 Å². The summed E-state index contributed by atoms with van der Waals surface area (Å²) in [7, 11) is 0. The van der Waals surface area contributed by atoms with Crippen molar-refractivity contribution in [3.8, 4) is 0 Å². The highest BCUT2D eigenvalue weighted by Gasteiger charge is 2.32. The number of carbonyl (C=O) groups is 2. The van der Waals surface area contributed by atoms with E-state index in [1.165, 1.54) is 0 Å². The first-order chi connectivity index (χ1) is 7.56. The van der Waals surface area contributed by atoms with E-state index in [-0.39, 0.29) is 29.8 Å². The molecule has 16 heavy (non-hydrogen) atoms. The average molecular weight is 293 g/mol. The zero-order valence-corrected chi connectivity index (χ0v) is 11.1. The minimum Gasteiger partial charge on any atom is -0.377 e. The van der Waals surface area contributed by atoms with Gasteiger partial charge in [0.1, 0.15) is 6.04 Å². The SMILES string of the molecule is CC(C)NC(=O)C1COCCN1C(=O)CBr. The molecule has 0 aliphatic carbocycles. The van der Waals surface area contributed by atoms with Gasteiger partial charge in [0.15, 0.2) is 0 Å². The molecule has 1 unspecified atom stereocenters. The highest BCUT2D eigenvalue weighted by molar-refractivity contribution is 9.09. The van der Waals surface area contributed by atoms with E-state index in [1.54, 1.807) is 4.90 Å². The van der Waals surface area contributed by atoms with Gasteiger partial charge in [-0.25, -0.2) is 0 Å². The van der Waals surface area contributed by atoms with Crippen LogP contribution in [0.4, 0.5) is 0 Å². The quantitative estimate of drug-likeness (QED) is 0.753. The monoisotopic (exact) mass is 292 g/mol. The van der Waals surface area contributed by atoms with E-state index >= 15 is 0 Å². The minimum absolute atomic E-state index is 0.0651. The molecule has 2 amide bonds. The topological polar surface area (TPSA) is 58.6 Å². The maximum Gasteiger partial charge on any atom is 0.245 e. The Kier molecular flexibility index (Phi) is 5.21. The molecule has 1 fully saturated rings. The van der Waals surface area contributed by atoms with Crippen LogP contribution in [0.5, 0.6) is 0 Å². The maximum absolute atomic E-state index is 11.8. The lowest BCUT2D eigenvalue weighted by molar-refractivity contribution is -0.146. The molecular formula is C10H17BrN2O3. The Morgan fingerprint density at radius 1 is 1.56 bits per heavy atom. The van der Waals surface area contributed by atoms with Gasteiger partial charge in [-0.3, -0.25) is 9.59 Å². The van der Waals surface area contributed by atoms with Crippen LogP contribution in [0.25, 0.3) is 0 Å². The third-order valence-corrected chi connectivity index (χ3v) is 2.78. The highest BCUT2D eigenvalue weighted by Crippen LogP contribution is 2.09. The lowest BCUT2D eigenvalue weighted by atomic mass is 10.2. The van der Waals surface area contributed by atoms with Crippen molar-refractivity contribution >= 4 is 27.7 Å². The molecule has 0 bridgehead atoms. The molecule has 1 rings (SSSR count). The zero-order chi connectivity index (χ0) is 12.1. The summed E-state index contributed by atoms with van der Waals surface area (Å²) in [5.74, 6) is -0.226. The maximum atomic E-state index is 11.8. The van der Waals surface area contributed by atoms with Gasteiger partial charge in [0.05, 0.1) is 18.5 Å². The molecule has 0 saturated carbocycles. The first-order valence-electron chi connectivity index (χ1n) is 5.29. The number of nitrogens with one attached hydrogen (secondary N) is 1. The van der Waals surface area contributed by atoms with E-state index in [0.29, 0.717) is 13.2 Å². The summed E-state index contributed by atoms with van der Waals surface area (Å²) >= 11 is 3.11. The molecule has 1 atom stereocenters. The van der Waals surface area contributed by atoms with Crippen LogP contribution in [0.1, 0.15) is 13.8 Å². The van der Waals surface area contributed by atoms with Crippen molar-refractivity contribution in [2.75, 3.05) is 25.1 Å². The average Bonchev–Trinajstić information content (AvgIpc) is 2.27. The van der Waals surface area contributed by atoms with E-state index in [9.17, 15) is 9.59 Å². The fourth-order valence-electron chi connectivity index (χ4n) is 1.58. The van der Waals surface area contributed by atoms with Gasteiger partial charge >= 0.3 is 0 Å². The largest absolute Gasteiger partial charge is 0.377 e. The second kappa shape index (κ2) is 6.20. The second-order valence-electron chi connectivity index (χ2n) is 3.97. The molecule has 0 radical (unpaired) electrons. The van der Waals surface area contributed by atoms with Crippen LogP contribution in [0, 0.1) is 0 Å². The summed E-state index contributed by atoms with van der Waals surface area (Å²) in [6.45, 7) is 5.01. The van der Waals surface area contributed by atoms with Crippen molar-refractivity contribution in [1.82, 2.24) is 10.2 Å². The van der Waals surface area contributed by atoms with Crippen LogP contribution in [0.15, 0.2) is 0 Å². The standard InChI is InChI=1S/C10H17BrN2O3/c1-7(2)12-10(15)8-6-16-4-3-13(8)9(14)5-11/h7-8H,3-6H2,1-2H3,(H,12,15). The zero-order valence-electron chi connectivity index (χ0n) is 9.53. The third-order valence-electron chi connectivity index (χ3n) is 2.30. The number of amides is 2. The first-order valence-corrected chi connectivity index (χ1v) is 6.42. The van der Waals surface area contributed by atoms with Crippen LogP contribution in [-0.2, 0) is 14.3 Å². The first kappa shape index (κ1) is 13.4. The van der Waals surface area contributed by atoms with Crippen molar-refractivity contribution in [3.05, 3.63) is 0 Å². The van der Waals surface area contributed by atoms with Gasteiger partial charge in [-0.2, -0.15) is 0 Å². The van der Waals surface area contributed by atoms with Crippen LogP contribution < -0.4 is 5.32 Å². The molecule has 6 heteroatoms. The number of morpholine rings is 1. The van der Waals surface area contributed by atoms with Crippen LogP contribution in [0.3, 0.4) is 0 Å². The fraction of sp³-hybridized carbons (Fsp3) is 0.800. The Bertz CT molecular complexity index is 271. The summed E-state index contributed by atoms with van der Waals surface area (Å²) in [5.41, 5.74) is 0.